The molecular formula is C8H13IN4O3S. The molecule has 0 aliphatic carbocycles. The largest absolute Gasteiger partial charge is 0.368 e. The predicted molar refractivity (Wildman–Crippen MR) is 73.5 cm³/mol. The van der Waals surface area contributed by atoms with E-state index >= 15 is 0 Å². The van der Waals surface area contributed by atoms with E-state index in [-0.39, 0.29) is 17.9 Å². The molecule has 0 fully saturated rings. The Labute approximate surface area is 113 Å². The molecule has 0 aliphatic heterocycles. The molecule has 0 spiro atoms. The van der Waals surface area contributed by atoms with Crippen LogP contribution in [0.15, 0.2) is 11.1 Å². The van der Waals surface area contributed by atoms with Crippen molar-refractivity contribution >= 4 is 38.4 Å². The van der Waals surface area contributed by atoms with Gasteiger partial charge in [-0.05, 0) is 22.6 Å². The van der Waals surface area contributed by atoms with Gasteiger partial charge in [0.1, 0.15) is 9.39 Å². The van der Waals surface area contributed by atoms with E-state index in [1.807, 2.05) is 22.6 Å². The average Bonchev–Trinajstić information content (AvgIpc) is 2.24. The fraction of sp³-hybridized carbons (Fsp3) is 0.500. The maximum Gasteiger partial charge on any atom is 0.266 e. The number of halogens is 1. The first-order valence-electron chi connectivity index (χ1n) is 4.90. The van der Waals surface area contributed by atoms with Crippen molar-refractivity contribution in [3.05, 3.63) is 20.3 Å². The van der Waals surface area contributed by atoms with Gasteiger partial charge in [-0.2, -0.15) is 0 Å². The first-order chi connectivity index (χ1) is 7.96. The molecule has 0 saturated carbocycles. The van der Waals surface area contributed by atoms with Crippen LogP contribution < -0.4 is 15.6 Å². The Balaban J connectivity index is 2.58. The lowest BCUT2D eigenvalue weighted by molar-refractivity contribution is 0.584. The number of hydrogen-bond acceptors (Lipinski definition) is 5. The van der Waals surface area contributed by atoms with Gasteiger partial charge in [0.2, 0.25) is 10.0 Å². The highest BCUT2D eigenvalue weighted by Crippen LogP contribution is 2.07. The van der Waals surface area contributed by atoms with E-state index in [9.17, 15) is 13.2 Å². The van der Waals surface area contributed by atoms with Crippen molar-refractivity contribution < 1.29 is 8.42 Å². The minimum atomic E-state index is -3.25. The highest BCUT2D eigenvalue weighted by atomic mass is 127. The molecular weight excluding hydrogens is 359 g/mol. The predicted octanol–water partition coefficient (Wildman–Crippen LogP) is -0.274. The molecule has 0 atom stereocenters. The molecule has 0 aromatic carbocycles. The molecule has 3 N–H and O–H groups in total. The molecule has 1 aromatic heterocycles. The van der Waals surface area contributed by atoms with E-state index in [1.54, 1.807) is 6.92 Å². The quantitative estimate of drug-likeness (QED) is 0.597. The molecule has 0 bridgehead atoms. The zero-order chi connectivity index (χ0) is 12.9. The second-order valence-corrected chi connectivity index (χ2v) is 6.14. The van der Waals surface area contributed by atoms with E-state index in [0.717, 1.165) is 0 Å². The van der Waals surface area contributed by atoms with E-state index < -0.39 is 10.0 Å². The Kier molecular flexibility index (Phi) is 5.33. The monoisotopic (exact) mass is 372 g/mol. The summed E-state index contributed by atoms with van der Waals surface area (Å²) >= 11 is 1.85. The summed E-state index contributed by atoms with van der Waals surface area (Å²) in [5.74, 6) is 0.326. The van der Waals surface area contributed by atoms with Crippen molar-refractivity contribution in [1.29, 1.82) is 0 Å². The number of anilines is 1. The summed E-state index contributed by atoms with van der Waals surface area (Å²) < 4.78 is 25.4. The van der Waals surface area contributed by atoms with Crippen molar-refractivity contribution in [1.82, 2.24) is 14.7 Å². The van der Waals surface area contributed by atoms with Crippen molar-refractivity contribution in [3.8, 4) is 0 Å². The van der Waals surface area contributed by atoms with Crippen LogP contribution in [-0.2, 0) is 10.0 Å². The van der Waals surface area contributed by atoms with E-state index in [4.69, 9.17) is 0 Å². The molecule has 1 aromatic rings. The highest BCUT2D eigenvalue weighted by Gasteiger charge is 2.09. The lowest BCUT2D eigenvalue weighted by Gasteiger charge is -2.07. The molecule has 96 valence electrons. The first kappa shape index (κ1) is 14.4. The van der Waals surface area contributed by atoms with Gasteiger partial charge < -0.3 is 10.3 Å². The number of rotatable bonds is 6. The van der Waals surface area contributed by atoms with Gasteiger partial charge in [-0.15, -0.1) is 0 Å². The number of aromatic nitrogens is 2. The van der Waals surface area contributed by atoms with Crippen LogP contribution in [0.4, 0.5) is 5.82 Å². The van der Waals surface area contributed by atoms with Gasteiger partial charge in [0.15, 0.2) is 0 Å². The number of aromatic amines is 1. The van der Waals surface area contributed by atoms with Crippen LogP contribution in [-0.4, -0.2) is 37.2 Å². The summed E-state index contributed by atoms with van der Waals surface area (Å²) in [7, 11) is -3.25. The fourth-order valence-corrected chi connectivity index (χ4v) is 2.54. The normalized spacial score (nSPS) is 11.4. The van der Waals surface area contributed by atoms with Crippen LogP contribution in [0.25, 0.3) is 0 Å². The Hall–Kier alpha value is -0.680. The summed E-state index contributed by atoms with van der Waals surface area (Å²) in [5, 5.41) is 2.81. The average molecular weight is 372 g/mol. The molecule has 0 amide bonds. The second kappa shape index (κ2) is 6.31. The second-order valence-electron chi connectivity index (χ2n) is 3.14. The minimum absolute atomic E-state index is 0.0641. The van der Waals surface area contributed by atoms with Gasteiger partial charge in [0.05, 0.1) is 12.1 Å². The van der Waals surface area contributed by atoms with Crippen molar-refractivity contribution in [3.63, 3.8) is 0 Å². The Morgan fingerprint density at radius 2 is 2.24 bits per heavy atom. The number of H-pyrrole nitrogens is 1. The number of hydrogen-bond donors (Lipinski definition) is 3. The van der Waals surface area contributed by atoms with Gasteiger partial charge in [-0.25, -0.2) is 18.1 Å². The molecule has 1 heterocycles. The van der Waals surface area contributed by atoms with Gasteiger partial charge in [-0.1, -0.05) is 6.92 Å². The zero-order valence-electron chi connectivity index (χ0n) is 9.16. The number of nitrogens with zero attached hydrogens (tertiary/aromatic N) is 1. The molecule has 0 aliphatic rings. The lowest BCUT2D eigenvalue weighted by atomic mass is 10.5. The molecule has 7 nitrogen and oxygen atoms in total. The van der Waals surface area contributed by atoms with Gasteiger partial charge in [-0.3, -0.25) is 4.79 Å². The van der Waals surface area contributed by atoms with Crippen LogP contribution in [0.5, 0.6) is 0 Å². The Bertz CT molecular complexity index is 528. The van der Waals surface area contributed by atoms with Crippen LogP contribution in [0.2, 0.25) is 0 Å². The van der Waals surface area contributed by atoms with E-state index in [2.05, 4.69) is 20.0 Å². The topological polar surface area (TPSA) is 104 Å². The Morgan fingerprint density at radius 1 is 1.53 bits per heavy atom. The number of nitrogens with one attached hydrogen (secondary N) is 3. The lowest BCUT2D eigenvalue weighted by Crippen LogP contribution is -2.29. The van der Waals surface area contributed by atoms with Crippen molar-refractivity contribution in [2.75, 3.05) is 24.2 Å². The van der Waals surface area contributed by atoms with Gasteiger partial charge in [0.25, 0.3) is 5.56 Å². The van der Waals surface area contributed by atoms with Gasteiger partial charge >= 0.3 is 0 Å². The molecule has 0 saturated heterocycles. The standard InChI is InChI=1S/C8H13IN4O3S/c1-2-13-17(15,16)4-3-10-7-6(9)8(14)12-5-11-7/h5,13H,2-4H2,1H3,(H2,10,11,12,14). The highest BCUT2D eigenvalue weighted by molar-refractivity contribution is 14.1. The summed E-state index contributed by atoms with van der Waals surface area (Å²) in [6, 6.07) is 0. The SMILES string of the molecule is CCNS(=O)(=O)CCNc1nc[nH]c(=O)c1I. The molecule has 9 heteroatoms. The van der Waals surface area contributed by atoms with Crippen LogP contribution in [0.3, 0.4) is 0 Å². The fourth-order valence-electron chi connectivity index (χ4n) is 1.10. The molecule has 0 radical (unpaired) electrons. The number of sulfonamides is 1. The van der Waals surface area contributed by atoms with E-state index in [1.165, 1.54) is 6.33 Å². The van der Waals surface area contributed by atoms with Gasteiger partial charge in [0, 0.05) is 13.1 Å². The third-order valence-electron chi connectivity index (χ3n) is 1.82. The summed E-state index contributed by atoms with van der Waals surface area (Å²) in [6.45, 7) is 2.27. The summed E-state index contributed by atoms with van der Waals surface area (Å²) in [6.07, 6.45) is 1.27. The Morgan fingerprint density at radius 3 is 2.88 bits per heavy atom. The van der Waals surface area contributed by atoms with Crippen molar-refractivity contribution in [2.45, 2.75) is 6.92 Å². The molecule has 1 rings (SSSR count). The molecule has 0 unspecified atom stereocenters. The van der Waals surface area contributed by atoms with E-state index in [0.29, 0.717) is 15.9 Å². The summed E-state index contributed by atoms with van der Waals surface area (Å²) in [5.41, 5.74) is -0.252. The van der Waals surface area contributed by atoms with Crippen LogP contribution >= 0.6 is 22.6 Å². The van der Waals surface area contributed by atoms with Crippen LogP contribution in [0.1, 0.15) is 6.92 Å². The third-order valence-corrected chi connectivity index (χ3v) is 4.29. The first-order valence-corrected chi connectivity index (χ1v) is 7.63. The maximum absolute atomic E-state index is 11.3. The third kappa shape index (κ3) is 4.60. The summed E-state index contributed by atoms with van der Waals surface area (Å²) in [4.78, 5) is 17.6. The zero-order valence-corrected chi connectivity index (χ0v) is 12.1. The smallest absolute Gasteiger partial charge is 0.266 e. The molecule has 17 heavy (non-hydrogen) atoms. The van der Waals surface area contributed by atoms with Crippen LogP contribution in [0, 0.1) is 3.57 Å². The maximum atomic E-state index is 11.3. The minimum Gasteiger partial charge on any atom is -0.368 e. The van der Waals surface area contributed by atoms with Crippen molar-refractivity contribution in [2.24, 2.45) is 0 Å².